The molecule has 1 heterocycles. The first kappa shape index (κ1) is 21.4. The molecule has 6 heteroatoms. The predicted molar refractivity (Wildman–Crippen MR) is 119 cm³/mol. The van der Waals surface area contributed by atoms with E-state index in [0.717, 1.165) is 55.4 Å². The minimum absolute atomic E-state index is 0.0264. The molecule has 29 heavy (non-hydrogen) atoms. The molecule has 1 fully saturated rings. The lowest BCUT2D eigenvalue weighted by Crippen LogP contribution is -2.36. The second-order valence-electron chi connectivity index (χ2n) is 7.20. The normalized spacial score (nSPS) is 13.8. The summed E-state index contributed by atoms with van der Waals surface area (Å²) in [7, 11) is 0. The molecule has 2 amide bonds. The third-order valence-corrected chi connectivity index (χ3v) is 5.62. The van der Waals surface area contributed by atoms with Crippen molar-refractivity contribution in [2.75, 3.05) is 25.0 Å². The summed E-state index contributed by atoms with van der Waals surface area (Å²) >= 11 is 3.48. The molecule has 1 aliphatic heterocycles. The average molecular weight is 459 g/mol. The highest BCUT2D eigenvalue weighted by molar-refractivity contribution is 9.10. The van der Waals surface area contributed by atoms with Crippen molar-refractivity contribution in [2.45, 2.75) is 39.0 Å². The Labute approximate surface area is 180 Å². The minimum atomic E-state index is -0.260. The largest absolute Gasteiger partial charge is 0.492 e. The van der Waals surface area contributed by atoms with Crippen LogP contribution in [0, 0.1) is 0 Å². The van der Waals surface area contributed by atoms with E-state index in [2.05, 4.69) is 28.2 Å². The van der Waals surface area contributed by atoms with Crippen LogP contribution in [0.1, 0.15) is 59.7 Å². The highest BCUT2D eigenvalue weighted by atomic mass is 79.9. The van der Waals surface area contributed by atoms with Crippen molar-refractivity contribution in [1.82, 2.24) is 4.90 Å². The minimum Gasteiger partial charge on any atom is -0.492 e. The van der Waals surface area contributed by atoms with Gasteiger partial charge in [0, 0.05) is 18.7 Å². The number of carbonyl (C=O) groups excluding carboxylic acids is 2. The van der Waals surface area contributed by atoms with E-state index in [1.54, 1.807) is 30.3 Å². The number of benzene rings is 2. The van der Waals surface area contributed by atoms with Gasteiger partial charge in [-0.1, -0.05) is 25.5 Å². The zero-order valence-electron chi connectivity index (χ0n) is 16.7. The smallest absolute Gasteiger partial charge is 0.255 e. The second-order valence-corrected chi connectivity index (χ2v) is 8.05. The van der Waals surface area contributed by atoms with E-state index in [9.17, 15) is 9.59 Å². The summed E-state index contributed by atoms with van der Waals surface area (Å²) in [5, 5.41) is 2.90. The van der Waals surface area contributed by atoms with Crippen molar-refractivity contribution in [1.29, 1.82) is 0 Å². The number of amides is 2. The molecule has 0 bridgehead atoms. The van der Waals surface area contributed by atoms with Crippen molar-refractivity contribution >= 4 is 33.4 Å². The van der Waals surface area contributed by atoms with Crippen molar-refractivity contribution in [3.05, 3.63) is 58.1 Å². The van der Waals surface area contributed by atoms with Crippen molar-refractivity contribution in [2.24, 2.45) is 0 Å². The fourth-order valence-corrected chi connectivity index (χ4v) is 3.82. The van der Waals surface area contributed by atoms with Crippen molar-refractivity contribution < 1.29 is 14.3 Å². The van der Waals surface area contributed by atoms with Crippen LogP contribution in [-0.2, 0) is 0 Å². The predicted octanol–water partition coefficient (Wildman–Crippen LogP) is 5.51. The molecule has 1 aliphatic rings. The first-order valence-electron chi connectivity index (χ1n) is 10.2. The molecule has 0 aliphatic carbocycles. The highest BCUT2D eigenvalue weighted by Gasteiger charge is 2.21. The van der Waals surface area contributed by atoms with E-state index < -0.39 is 0 Å². The van der Waals surface area contributed by atoms with Crippen LogP contribution in [0.5, 0.6) is 5.75 Å². The second kappa shape index (κ2) is 10.4. The van der Waals surface area contributed by atoms with E-state index in [0.29, 0.717) is 23.4 Å². The maximum absolute atomic E-state index is 12.9. The van der Waals surface area contributed by atoms with Gasteiger partial charge in [0.1, 0.15) is 5.75 Å². The summed E-state index contributed by atoms with van der Waals surface area (Å²) < 4.78 is 6.45. The van der Waals surface area contributed by atoms with Crippen molar-refractivity contribution in [3.63, 3.8) is 0 Å². The van der Waals surface area contributed by atoms with Gasteiger partial charge in [-0.3, -0.25) is 9.59 Å². The number of likely N-dealkylation sites (tertiary alicyclic amines) is 1. The fourth-order valence-electron chi connectivity index (χ4n) is 3.33. The van der Waals surface area contributed by atoms with Gasteiger partial charge in [-0.2, -0.15) is 0 Å². The fraction of sp³-hybridized carbons (Fsp3) is 0.391. The zero-order valence-corrected chi connectivity index (χ0v) is 18.3. The van der Waals surface area contributed by atoms with Gasteiger partial charge < -0.3 is 15.0 Å². The lowest BCUT2D eigenvalue weighted by Gasteiger charge is -2.27. The Morgan fingerprint density at radius 3 is 2.59 bits per heavy atom. The molecule has 0 atom stereocenters. The number of halogens is 1. The third kappa shape index (κ3) is 5.60. The molecular formula is C23H27BrN2O3. The summed E-state index contributed by atoms with van der Waals surface area (Å²) in [6.07, 6.45) is 5.27. The van der Waals surface area contributed by atoms with E-state index in [-0.39, 0.29) is 11.8 Å². The maximum atomic E-state index is 12.9. The molecule has 2 aromatic rings. The van der Waals surface area contributed by atoms with E-state index in [1.165, 1.54) is 0 Å². The van der Waals surface area contributed by atoms with Gasteiger partial charge in [0.15, 0.2) is 0 Å². The number of ether oxygens (including phenoxy) is 1. The average Bonchev–Trinajstić information content (AvgIpc) is 2.75. The van der Waals surface area contributed by atoms with Gasteiger partial charge in [0.25, 0.3) is 11.8 Å². The Morgan fingerprint density at radius 1 is 1.10 bits per heavy atom. The van der Waals surface area contributed by atoms with Crippen LogP contribution in [0.15, 0.2) is 46.9 Å². The van der Waals surface area contributed by atoms with E-state index in [1.807, 2.05) is 17.0 Å². The summed E-state index contributed by atoms with van der Waals surface area (Å²) in [6, 6.07) is 12.5. The quantitative estimate of drug-likeness (QED) is 0.556. The number of carbonyl (C=O) groups is 2. The molecule has 0 unspecified atom stereocenters. The summed E-state index contributed by atoms with van der Waals surface area (Å²) in [6.45, 7) is 4.30. The summed E-state index contributed by atoms with van der Waals surface area (Å²) in [4.78, 5) is 27.6. The number of anilines is 1. The SMILES string of the molecule is CCCCOc1ccc(C(=O)Nc2ccccc2C(=O)N2CCCCC2)cc1Br. The number of unbranched alkanes of at least 4 members (excludes halogenated alkanes) is 1. The zero-order chi connectivity index (χ0) is 20.6. The Balaban J connectivity index is 1.72. The number of nitrogens with one attached hydrogen (secondary N) is 1. The van der Waals surface area contributed by atoms with Crippen LogP contribution < -0.4 is 10.1 Å². The van der Waals surface area contributed by atoms with Crippen LogP contribution >= 0.6 is 15.9 Å². The highest BCUT2D eigenvalue weighted by Crippen LogP contribution is 2.27. The molecule has 2 aromatic carbocycles. The maximum Gasteiger partial charge on any atom is 0.255 e. The molecule has 0 saturated carbocycles. The number of hydrogen-bond donors (Lipinski definition) is 1. The molecule has 0 aromatic heterocycles. The van der Waals surface area contributed by atoms with Gasteiger partial charge in [-0.25, -0.2) is 0 Å². The Morgan fingerprint density at radius 2 is 1.86 bits per heavy atom. The van der Waals surface area contributed by atoms with Crippen molar-refractivity contribution in [3.8, 4) is 5.75 Å². The van der Waals surface area contributed by atoms with Crippen LogP contribution in [-0.4, -0.2) is 36.4 Å². The summed E-state index contributed by atoms with van der Waals surface area (Å²) in [5.41, 5.74) is 1.56. The number of rotatable bonds is 7. The lowest BCUT2D eigenvalue weighted by molar-refractivity contribution is 0.0725. The van der Waals surface area contributed by atoms with Crippen LogP contribution in [0.4, 0.5) is 5.69 Å². The molecule has 5 nitrogen and oxygen atoms in total. The molecule has 1 N–H and O–H groups in total. The monoisotopic (exact) mass is 458 g/mol. The number of para-hydroxylation sites is 1. The van der Waals surface area contributed by atoms with Crippen LogP contribution in [0.3, 0.4) is 0 Å². The van der Waals surface area contributed by atoms with E-state index in [4.69, 9.17) is 4.74 Å². The Hall–Kier alpha value is -2.34. The molecule has 0 spiro atoms. The first-order chi connectivity index (χ1) is 14.1. The van der Waals surface area contributed by atoms with Gasteiger partial charge in [-0.05, 0) is 71.9 Å². The first-order valence-corrected chi connectivity index (χ1v) is 11.0. The molecule has 0 radical (unpaired) electrons. The van der Waals surface area contributed by atoms with Gasteiger partial charge >= 0.3 is 0 Å². The number of hydrogen-bond acceptors (Lipinski definition) is 3. The standard InChI is InChI=1S/C23H27BrN2O3/c1-2-3-15-29-21-12-11-17(16-19(21)24)22(27)25-20-10-6-5-9-18(20)23(28)26-13-7-4-8-14-26/h5-6,9-12,16H,2-4,7-8,13-15H2,1H3,(H,25,27). The van der Waals surface area contributed by atoms with Gasteiger partial charge in [0.05, 0.1) is 22.3 Å². The third-order valence-electron chi connectivity index (χ3n) is 5.00. The molecule has 154 valence electrons. The summed E-state index contributed by atoms with van der Waals surface area (Å²) in [5.74, 6) is 0.432. The number of piperidine rings is 1. The lowest BCUT2D eigenvalue weighted by atomic mass is 10.1. The van der Waals surface area contributed by atoms with Gasteiger partial charge in [0.2, 0.25) is 0 Å². The topological polar surface area (TPSA) is 58.6 Å². The number of nitrogens with zero attached hydrogens (tertiary/aromatic N) is 1. The van der Waals surface area contributed by atoms with Gasteiger partial charge in [-0.15, -0.1) is 0 Å². The molecule has 3 rings (SSSR count). The Bertz CT molecular complexity index is 863. The Kier molecular flexibility index (Phi) is 7.69. The molecule has 1 saturated heterocycles. The molecular weight excluding hydrogens is 432 g/mol. The van der Waals surface area contributed by atoms with Crippen LogP contribution in [0.25, 0.3) is 0 Å². The van der Waals surface area contributed by atoms with Crippen LogP contribution in [0.2, 0.25) is 0 Å². The van der Waals surface area contributed by atoms with E-state index >= 15 is 0 Å².